The lowest BCUT2D eigenvalue weighted by Gasteiger charge is -2.14. The van der Waals surface area contributed by atoms with Crippen molar-refractivity contribution in [3.05, 3.63) is 64.6 Å². The molecule has 0 atom stereocenters. The Morgan fingerprint density at radius 3 is 2.50 bits per heavy atom. The van der Waals surface area contributed by atoms with Gasteiger partial charge in [-0.25, -0.2) is 10.1 Å². The Morgan fingerprint density at radius 2 is 1.83 bits per heavy atom. The van der Waals surface area contributed by atoms with Crippen LogP contribution in [0.2, 0.25) is 0 Å². The molecule has 0 aliphatic heterocycles. The Bertz CT molecular complexity index is 1040. The molecular weight excluding hydrogens is 328 g/mol. The maximum absolute atomic E-state index is 11.4. The highest BCUT2D eigenvalue weighted by Crippen LogP contribution is 2.26. The van der Waals surface area contributed by atoms with Crippen molar-refractivity contribution in [1.29, 1.82) is 0 Å². The fourth-order valence-corrected chi connectivity index (χ4v) is 2.78. The van der Waals surface area contributed by atoms with Crippen molar-refractivity contribution in [2.45, 2.75) is 6.54 Å². The van der Waals surface area contributed by atoms with E-state index in [1.54, 1.807) is 12.3 Å². The first-order valence-electron chi connectivity index (χ1n) is 7.16. The third kappa shape index (κ3) is 3.35. The smallest absolute Gasteiger partial charge is 0.276 e. The van der Waals surface area contributed by atoms with Gasteiger partial charge in [0.15, 0.2) is 0 Å². The normalized spacial score (nSPS) is 12.0. The van der Waals surface area contributed by atoms with Crippen LogP contribution in [-0.4, -0.2) is 29.7 Å². The van der Waals surface area contributed by atoms with Crippen LogP contribution in [0.4, 0.5) is 0 Å². The van der Waals surface area contributed by atoms with Gasteiger partial charge in [0.1, 0.15) is 5.65 Å². The number of fused-ring (bicyclic) bond motifs is 1. The average Bonchev–Trinajstić information content (AvgIpc) is 2.54. The van der Waals surface area contributed by atoms with Crippen LogP contribution in [0.15, 0.2) is 53.5 Å². The molecule has 3 rings (SSSR count). The highest BCUT2D eigenvalue weighted by molar-refractivity contribution is 7.86. The highest BCUT2D eigenvalue weighted by atomic mass is 32.2. The predicted molar refractivity (Wildman–Crippen MR) is 92.4 cm³/mol. The molecule has 3 aromatic rings. The van der Waals surface area contributed by atoms with Gasteiger partial charge in [0.05, 0.1) is 0 Å². The van der Waals surface area contributed by atoms with Crippen LogP contribution in [0.25, 0.3) is 22.2 Å². The number of nitrogens with one attached hydrogen (secondary N) is 1. The number of aromatic amines is 1. The molecular formula is C16H16N4O3S. The molecule has 24 heavy (non-hydrogen) atoms. The second kappa shape index (κ2) is 6.16. The van der Waals surface area contributed by atoms with Gasteiger partial charge in [-0.3, -0.25) is 4.79 Å². The topological polar surface area (TPSA) is 109 Å². The molecule has 0 unspecified atom stereocenters. The minimum absolute atomic E-state index is 0.198. The second-order valence-corrected chi connectivity index (χ2v) is 7.09. The summed E-state index contributed by atoms with van der Waals surface area (Å²) in [6, 6.07) is 12.5. The van der Waals surface area contributed by atoms with Crippen molar-refractivity contribution in [2.75, 3.05) is 7.05 Å². The number of H-pyrrole nitrogens is 1. The first-order chi connectivity index (χ1) is 11.3. The lowest BCUT2D eigenvalue weighted by Crippen LogP contribution is -2.32. The number of hydrogen-bond acceptors (Lipinski definition) is 4. The van der Waals surface area contributed by atoms with Crippen molar-refractivity contribution in [2.24, 2.45) is 5.14 Å². The maximum Gasteiger partial charge on any atom is 0.276 e. The van der Waals surface area contributed by atoms with E-state index in [2.05, 4.69) is 9.97 Å². The number of nitrogens with two attached hydrogens (primary N) is 1. The zero-order valence-corrected chi connectivity index (χ0v) is 13.7. The monoisotopic (exact) mass is 344 g/mol. The third-order valence-electron chi connectivity index (χ3n) is 3.74. The Hall–Kier alpha value is -2.55. The van der Waals surface area contributed by atoms with Crippen molar-refractivity contribution in [3.8, 4) is 11.1 Å². The zero-order chi connectivity index (χ0) is 17.3. The van der Waals surface area contributed by atoms with Gasteiger partial charge in [-0.2, -0.15) is 12.7 Å². The van der Waals surface area contributed by atoms with Crippen molar-refractivity contribution in [1.82, 2.24) is 14.3 Å². The third-order valence-corrected chi connectivity index (χ3v) is 4.74. The molecule has 0 amide bonds. The van der Waals surface area contributed by atoms with Crippen molar-refractivity contribution < 1.29 is 8.42 Å². The molecule has 2 aromatic heterocycles. The van der Waals surface area contributed by atoms with Crippen LogP contribution in [0.1, 0.15) is 5.56 Å². The summed E-state index contributed by atoms with van der Waals surface area (Å²) in [6.45, 7) is 0.198. The van der Waals surface area contributed by atoms with E-state index < -0.39 is 10.2 Å². The van der Waals surface area contributed by atoms with Crippen LogP contribution in [0, 0.1) is 0 Å². The molecule has 7 nitrogen and oxygen atoms in total. The van der Waals surface area contributed by atoms with Gasteiger partial charge in [0, 0.05) is 31.2 Å². The number of rotatable bonds is 4. The number of nitrogens with zero attached hydrogens (tertiary/aromatic N) is 2. The minimum Gasteiger partial charge on any atom is -0.307 e. The van der Waals surface area contributed by atoms with Crippen LogP contribution in [-0.2, 0) is 16.8 Å². The van der Waals surface area contributed by atoms with Crippen LogP contribution >= 0.6 is 0 Å². The second-order valence-electron chi connectivity index (χ2n) is 5.44. The summed E-state index contributed by atoms with van der Waals surface area (Å²) in [5.74, 6) is 0. The fraction of sp³-hybridized carbons (Fsp3) is 0.125. The summed E-state index contributed by atoms with van der Waals surface area (Å²) in [6.07, 6.45) is 1.64. The first kappa shape index (κ1) is 16.3. The SMILES string of the molecule is CN(Cc1ccc(-c2ccnc3[nH]c(=O)ccc23)cc1)S(N)(=O)=O. The lowest BCUT2D eigenvalue weighted by atomic mass is 10.0. The molecule has 1 aromatic carbocycles. The van der Waals surface area contributed by atoms with E-state index in [4.69, 9.17) is 5.14 Å². The highest BCUT2D eigenvalue weighted by Gasteiger charge is 2.12. The summed E-state index contributed by atoms with van der Waals surface area (Å²) < 4.78 is 23.6. The van der Waals surface area contributed by atoms with Crippen LogP contribution in [0.3, 0.4) is 0 Å². The summed E-state index contributed by atoms with van der Waals surface area (Å²) in [5.41, 5.74) is 3.02. The molecule has 3 N–H and O–H groups in total. The maximum atomic E-state index is 11.4. The van der Waals surface area contributed by atoms with E-state index in [1.165, 1.54) is 13.1 Å². The quantitative estimate of drug-likeness (QED) is 0.741. The molecule has 0 aliphatic carbocycles. The van der Waals surface area contributed by atoms with E-state index in [-0.39, 0.29) is 12.1 Å². The van der Waals surface area contributed by atoms with Gasteiger partial charge in [-0.1, -0.05) is 24.3 Å². The van der Waals surface area contributed by atoms with Gasteiger partial charge >= 0.3 is 0 Å². The molecule has 0 radical (unpaired) electrons. The molecule has 0 fully saturated rings. The molecule has 0 spiro atoms. The zero-order valence-electron chi connectivity index (χ0n) is 12.9. The molecule has 0 bridgehead atoms. The van der Waals surface area contributed by atoms with Crippen LogP contribution < -0.4 is 10.7 Å². The van der Waals surface area contributed by atoms with E-state index in [1.807, 2.05) is 30.3 Å². The number of hydrogen-bond donors (Lipinski definition) is 2. The summed E-state index contributed by atoms with van der Waals surface area (Å²) in [7, 11) is -2.28. The summed E-state index contributed by atoms with van der Waals surface area (Å²) in [5, 5.41) is 5.92. The number of aromatic nitrogens is 2. The largest absolute Gasteiger partial charge is 0.307 e. The number of benzene rings is 1. The van der Waals surface area contributed by atoms with E-state index >= 15 is 0 Å². The predicted octanol–water partition coefficient (Wildman–Crippen LogP) is 1.23. The van der Waals surface area contributed by atoms with Gasteiger partial charge < -0.3 is 4.98 Å². The number of pyridine rings is 2. The Labute approximate surface area is 138 Å². The van der Waals surface area contributed by atoms with E-state index in [0.29, 0.717) is 5.65 Å². The molecule has 0 saturated heterocycles. The van der Waals surface area contributed by atoms with Crippen molar-refractivity contribution >= 4 is 21.2 Å². The Kier molecular flexibility index (Phi) is 4.18. The Morgan fingerprint density at radius 1 is 1.12 bits per heavy atom. The summed E-state index contributed by atoms with van der Waals surface area (Å²) in [4.78, 5) is 18.3. The molecule has 0 aliphatic rings. The first-order valence-corrected chi connectivity index (χ1v) is 8.66. The lowest BCUT2D eigenvalue weighted by molar-refractivity contribution is 0.468. The average molecular weight is 344 g/mol. The Balaban J connectivity index is 1.96. The minimum atomic E-state index is -3.70. The van der Waals surface area contributed by atoms with E-state index in [9.17, 15) is 13.2 Å². The van der Waals surface area contributed by atoms with Gasteiger partial charge in [0.25, 0.3) is 10.2 Å². The molecule has 0 saturated carbocycles. The molecule has 2 heterocycles. The van der Waals surface area contributed by atoms with Gasteiger partial charge in [0.2, 0.25) is 5.56 Å². The van der Waals surface area contributed by atoms with Crippen molar-refractivity contribution in [3.63, 3.8) is 0 Å². The molecule has 8 heteroatoms. The van der Waals surface area contributed by atoms with Crippen LogP contribution in [0.5, 0.6) is 0 Å². The summed E-state index contributed by atoms with van der Waals surface area (Å²) >= 11 is 0. The standard InChI is InChI=1S/C16H16N4O3S/c1-20(24(17,22)23)10-11-2-4-12(5-3-11)13-8-9-18-16-14(13)6-7-15(21)19-16/h2-9H,10H2,1H3,(H2,17,22,23)(H,18,19,21). The fourth-order valence-electron chi connectivity index (χ4n) is 2.45. The van der Waals surface area contributed by atoms with Gasteiger partial charge in [-0.05, 0) is 28.8 Å². The van der Waals surface area contributed by atoms with Gasteiger partial charge in [-0.15, -0.1) is 0 Å². The van der Waals surface area contributed by atoms with E-state index in [0.717, 1.165) is 26.4 Å². The molecule has 124 valence electrons.